The van der Waals surface area contributed by atoms with Crippen LogP contribution in [0.2, 0.25) is 5.02 Å². The van der Waals surface area contributed by atoms with Gasteiger partial charge < -0.3 is 9.73 Å². The predicted molar refractivity (Wildman–Crippen MR) is 110 cm³/mol. The van der Waals surface area contributed by atoms with Crippen LogP contribution in [0.4, 0.5) is 4.79 Å². The Hall–Kier alpha value is -3.12. The highest BCUT2D eigenvalue weighted by Gasteiger charge is 2.49. The number of carbonyl (C=O) groups excluding carboxylic acids is 2. The first-order chi connectivity index (χ1) is 13.7. The molecular formula is C22H19ClN2O4. The Morgan fingerprint density at radius 3 is 2.38 bits per heavy atom. The van der Waals surface area contributed by atoms with Gasteiger partial charge in [0.1, 0.15) is 11.1 Å². The molecule has 1 atom stereocenters. The molecule has 0 aliphatic carbocycles. The second kappa shape index (κ2) is 6.74. The molecule has 1 aliphatic rings. The molecule has 3 amide bonds. The van der Waals surface area contributed by atoms with Crippen LogP contribution in [0.15, 0.2) is 51.7 Å². The first-order valence-electron chi connectivity index (χ1n) is 9.13. The van der Waals surface area contributed by atoms with Crippen molar-refractivity contribution in [2.75, 3.05) is 0 Å². The van der Waals surface area contributed by atoms with Gasteiger partial charge in [-0.15, -0.1) is 0 Å². The number of fused-ring (bicyclic) bond motifs is 1. The molecule has 1 N–H and O–H groups in total. The Bertz CT molecular complexity index is 1220. The first kappa shape index (κ1) is 19.2. The van der Waals surface area contributed by atoms with E-state index in [9.17, 15) is 14.4 Å². The molecule has 1 saturated heterocycles. The van der Waals surface area contributed by atoms with Crippen LogP contribution < -0.4 is 10.9 Å². The normalized spacial score (nSPS) is 19.1. The summed E-state index contributed by atoms with van der Waals surface area (Å²) >= 11 is 5.94. The van der Waals surface area contributed by atoms with Gasteiger partial charge in [0, 0.05) is 16.5 Å². The number of imide groups is 1. The Labute approximate surface area is 172 Å². The van der Waals surface area contributed by atoms with Gasteiger partial charge in [0.25, 0.3) is 5.91 Å². The summed E-state index contributed by atoms with van der Waals surface area (Å²) in [6, 6.07) is 11.3. The molecular weight excluding hydrogens is 392 g/mol. The lowest BCUT2D eigenvalue weighted by Crippen LogP contribution is -2.40. The van der Waals surface area contributed by atoms with E-state index in [2.05, 4.69) is 5.32 Å². The maximum Gasteiger partial charge on any atom is 0.336 e. The fourth-order valence-electron chi connectivity index (χ4n) is 3.60. The Morgan fingerprint density at radius 2 is 1.69 bits per heavy atom. The molecule has 0 spiro atoms. The number of nitrogens with zero attached hydrogens (tertiary/aromatic N) is 1. The van der Waals surface area contributed by atoms with Crippen molar-refractivity contribution in [1.29, 1.82) is 0 Å². The van der Waals surface area contributed by atoms with Crippen LogP contribution in [-0.4, -0.2) is 16.8 Å². The fourth-order valence-corrected chi connectivity index (χ4v) is 3.73. The highest BCUT2D eigenvalue weighted by Crippen LogP contribution is 2.31. The zero-order valence-corrected chi connectivity index (χ0v) is 17.0. The molecule has 6 nitrogen and oxygen atoms in total. The number of hydrogen-bond acceptors (Lipinski definition) is 4. The van der Waals surface area contributed by atoms with E-state index in [0.29, 0.717) is 27.1 Å². The standard InChI is InChI=1S/C22H19ClN2O4/c1-12-8-17-14(10-19(26)29-18(17)9-13(12)2)11-25-20(27)22(3,24-21(25)28)15-4-6-16(23)7-5-15/h4-10H,11H2,1-3H3,(H,24,28). The minimum absolute atomic E-state index is 0.0293. The summed E-state index contributed by atoms with van der Waals surface area (Å²) in [6.45, 7) is 5.51. The molecule has 1 fully saturated rings. The number of carbonyl (C=O) groups is 2. The van der Waals surface area contributed by atoms with Gasteiger partial charge >= 0.3 is 11.7 Å². The van der Waals surface area contributed by atoms with E-state index in [1.54, 1.807) is 37.3 Å². The van der Waals surface area contributed by atoms with Crippen LogP contribution in [0.1, 0.15) is 29.2 Å². The largest absolute Gasteiger partial charge is 0.423 e. The molecule has 1 unspecified atom stereocenters. The van der Waals surface area contributed by atoms with Gasteiger partial charge in [0.2, 0.25) is 0 Å². The second-order valence-electron chi connectivity index (χ2n) is 7.48. The molecule has 3 aromatic rings. The number of aryl methyl sites for hydroxylation is 2. The Morgan fingerprint density at radius 1 is 1.03 bits per heavy atom. The zero-order chi connectivity index (χ0) is 20.9. The summed E-state index contributed by atoms with van der Waals surface area (Å²) in [4.78, 5) is 39.0. The van der Waals surface area contributed by atoms with E-state index in [1.165, 1.54) is 6.07 Å². The van der Waals surface area contributed by atoms with E-state index >= 15 is 0 Å². The number of rotatable bonds is 3. The van der Waals surface area contributed by atoms with Gasteiger partial charge in [-0.1, -0.05) is 23.7 Å². The van der Waals surface area contributed by atoms with Crippen LogP contribution in [-0.2, 0) is 16.9 Å². The topological polar surface area (TPSA) is 79.6 Å². The third-order valence-electron chi connectivity index (χ3n) is 5.47. The van der Waals surface area contributed by atoms with Gasteiger partial charge in [0.15, 0.2) is 0 Å². The lowest BCUT2D eigenvalue weighted by atomic mass is 9.92. The monoisotopic (exact) mass is 410 g/mol. The van der Waals surface area contributed by atoms with E-state index in [0.717, 1.165) is 16.0 Å². The Kier molecular flexibility index (Phi) is 4.46. The van der Waals surface area contributed by atoms with Crippen LogP contribution in [0.25, 0.3) is 11.0 Å². The van der Waals surface area contributed by atoms with Crippen molar-refractivity contribution >= 4 is 34.5 Å². The van der Waals surface area contributed by atoms with Crippen molar-refractivity contribution in [3.05, 3.63) is 80.2 Å². The predicted octanol–water partition coefficient (Wildman–Crippen LogP) is 4.03. The number of hydrogen-bond donors (Lipinski definition) is 1. The maximum atomic E-state index is 13.2. The van der Waals surface area contributed by atoms with Gasteiger partial charge in [-0.25, -0.2) is 9.59 Å². The van der Waals surface area contributed by atoms with Crippen LogP contribution in [0.3, 0.4) is 0 Å². The maximum absolute atomic E-state index is 13.2. The van der Waals surface area contributed by atoms with Crippen LogP contribution in [0.5, 0.6) is 0 Å². The highest BCUT2D eigenvalue weighted by atomic mass is 35.5. The molecule has 1 aliphatic heterocycles. The summed E-state index contributed by atoms with van der Waals surface area (Å²) in [5.74, 6) is -0.393. The Balaban J connectivity index is 1.74. The van der Waals surface area contributed by atoms with Gasteiger partial charge in [0.05, 0.1) is 6.54 Å². The van der Waals surface area contributed by atoms with Crippen LogP contribution in [0, 0.1) is 13.8 Å². The summed E-state index contributed by atoms with van der Waals surface area (Å²) in [6.07, 6.45) is 0. The smallest absolute Gasteiger partial charge is 0.336 e. The average Bonchev–Trinajstić information content (AvgIpc) is 2.88. The average molecular weight is 411 g/mol. The molecule has 29 heavy (non-hydrogen) atoms. The third kappa shape index (κ3) is 3.19. The molecule has 0 bridgehead atoms. The second-order valence-corrected chi connectivity index (χ2v) is 7.91. The number of benzene rings is 2. The summed E-state index contributed by atoms with van der Waals surface area (Å²) in [5.41, 5.74) is 1.91. The summed E-state index contributed by atoms with van der Waals surface area (Å²) < 4.78 is 5.31. The van der Waals surface area contributed by atoms with Crippen molar-refractivity contribution in [3.8, 4) is 0 Å². The summed E-state index contributed by atoms with van der Waals surface area (Å²) in [5, 5.41) is 4.01. The molecule has 148 valence electrons. The van der Waals surface area contributed by atoms with Crippen molar-refractivity contribution in [2.24, 2.45) is 0 Å². The number of halogens is 1. The van der Waals surface area contributed by atoms with Gasteiger partial charge in [-0.3, -0.25) is 9.69 Å². The molecule has 0 saturated carbocycles. The van der Waals surface area contributed by atoms with E-state index in [1.807, 2.05) is 19.9 Å². The first-order valence-corrected chi connectivity index (χ1v) is 9.51. The quantitative estimate of drug-likeness (QED) is 0.522. The highest BCUT2D eigenvalue weighted by molar-refractivity contribution is 6.30. The molecule has 0 radical (unpaired) electrons. The molecule has 1 aromatic heterocycles. The molecule has 4 rings (SSSR count). The number of amides is 3. The lowest BCUT2D eigenvalue weighted by molar-refractivity contribution is -0.131. The van der Waals surface area contributed by atoms with E-state index < -0.39 is 23.1 Å². The van der Waals surface area contributed by atoms with Crippen molar-refractivity contribution in [3.63, 3.8) is 0 Å². The third-order valence-corrected chi connectivity index (χ3v) is 5.72. The fraction of sp³-hybridized carbons (Fsp3) is 0.227. The van der Waals surface area contributed by atoms with Gasteiger partial charge in [-0.2, -0.15) is 0 Å². The molecule has 2 aromatic carbocycles. The minimum Gasteiger partial charge on any atom is -0.423 e. The van der Waals surface area contributed by atoms with Crippen molar-refractivity contribution in [1.82, 2.24) is 10.2 Å². The lowest BCUT2D eigenvalue weighted by Gasteiger charge is -2.22. The van der Waals surface area contributed by atoms with Crippen molar-refractivity contribution in [2.45, 2.75) is 32.9 Å². The molecule has 7 heteroatoms. The summed E-state index contributed by atoms with van der Waals surface area (Å²) in [7, 11) is 0. The zero-order valence-electron chi connectivity index (χ0n) is 16.2. The SMILES string of the molecule is Cc1cc2oc(=O)cc(CN3C(=O)NC(C)(c4ccc(Cl)cc4)C3=O)c2cc1C. The van der Waals surface area contributed by atoms with Crippen molar-refractivity contribution < 1.29 is 14.0 Å². The van der Waals surface area contributed by atoms with E-state index in [4.69, 9.17) is 16.0 Å². The minimum atomic E-state index is -1.20. The number of nitrogens with one attached hydrogen (secondary N) is 1. The van der Waals surface area contributed by atoms with E-state index in [-0.39, 0.29) is 6.54 Å². The van der Waals surface area contributed by atoms with Crippen LogP contribution >= 0.6 is 11.6 Å². The number of urea groups is 1. The van der Waals surface area contributed by atoms with Gasteiger partial charge in [-0.05, 0) is 67.3 Å². The molecule has 2 heterocycles.